The summed E-state index contributed by atoms with van der Waals surface area (Å²) in [6.45, 7) is 1.84. The van der Waals surface area contributed by atoms with E-state index in [2.05, 4.69) is 0 Å². The highest BCUT2D eigenvalue weighted by atomic mass is 16.3. The van der Waals surface area contributed by atoms with Crippen LogP contribution in [0.15, 0.2) is 51.7 Å². The molecule has 0 unspecified atom stereocenters. The van der Waals surface area contributed by atoms with Gasteiger partial charge in [0.15, 0.2) is 5.43 Å². The number of hydrogen-bond donors (Lipinski definition) is 2. The third-order valence-electron chi connectivity index (χ3n) is 3.08. The number of rotatable bonds is 1. The predicted octanol–water partition coefficient (Wildman–Crippen LogP) is 3.18. The zero-order valence-corrected chi connectivity index (χ0v) is 10.8. The fourth-order valence-corrected chi connectivity index (χ4v) is 2.24. The van der Waals surface area contributed by atoms with E-state index in [1.54, 1.807) is 18.2 Å². The molecule has 0 aliphatic heterocycles. The first-order valence-corrected chi connectivity index (χ1v) is 6.11. The van der Waals surface area contributed by atoms with Crippen LogP contribution in [-0.2, 0) is 0 Å². The lowest BCUT2D eigenvalue weighted by Crippen LogP contribution is -2.00. The molecular weight excluding hydrogens is 256 g/mol. The van der Waals surface area contributed by atoms with Crippen LogP contribution in [-0.4, -0.2) is 10.2 Å². The minimum atomic E-state index is -0.319. The second kappa shape index (κ2) is 4.42. The van der Waals surface area contributed by atoms with Crippen LogP contribution in [0.2, 0.25) is 0 Å². The van der Waals surface area contributed by atoms with Crippen molar-refractivity contribution in [1.82, 2.24) is 0 Å². The summed E-state index contributed by atoms with van der Waals surface area (Å²) in [5, 5.41) is 19.5. The summed E-state index contributed by atoms with van der Waals surface area (Å²) >= 11 is 0. The molecule has 3 rings (SSSR count). The zero-order valence-electron chi connectivity index (χ0n) is 10.8. The third-order valence-corrected chi connectivity index (χ3v) is 3.08. The van der Waals surface area contributed by atoms with Gasteiger partial charge in [0.1, 0.15) is 28.2 Å². The molecule has 0 atom stereocenters. The number of phenols is 2. The van der Waals surface area contributed by atoms with Gasteiger partial charge in [-0.1, -0.05) is 6.07 Å². The Morgan fingerprint density at radius 2 is 1.85 bits per heavy atom. The van der Waals surface area contributed by atoms with Crippen molar-refractivity contribution in [2.24, 2.45) is 0 Å². The highest BCUT2D eigenvalue weighted by molar-refractivity contribution is 5.84. The van der Waals surface area contributed by atoms with Gasteiger partial charge in [-0.15, -0.1) is 0 Å². The van der Waals surface area contributed by atoms with Crippen molar-refractivity contribution < 1.29 is 14.6 Å². The third kappa shape index (κ3) is 2.01. The Bertz CT molecular complexity index is 842. The molecule has 0 aliphatic carbocycles. The molecule has 0 bridgehead atoms. The summed E-state index contributed by atoms with van der Waals surface area (Å²) < 4.78 is 5.65. The summed E-state index contributed by atoms with van der Waals surface area (Å²) in [7, 11) is 0. The molecule has 2 aromatic carbocycles. The maximum atomic E-state index is 12.1. The van der Waals surface area contributed by atoms with Gasteiger partial charge >= 0.3 is 0 Å². The lowest BCUT2D eigenvalue weighted by molar-refractivity contribution is 0.474. The average Bonchev–Trinajstić information content (AvgIpc) is 2.37. The van der Waals surface area contributed by atoms with Gasteiger partial charge in [-0.3, -0.25) is 4.79 Å². The second-order valence-corrected chi connectivity index (χ2v) is 4.68. The van der Waals surface area contributed by atoms with E-state index >= 15 is 0 Å². The summed E-state index contributed by atoms with van der Waals surface area (Å²) in [6, 6.07) is 10.9. The van der Waals surface area contributed by atoms with Crippen molar-refractivity contribution in [3.8, 4) is 22.8 Å². The largest absolute Gasteiger partial charge is 0.508 e. The summed E-state index contributed by atoms with van der Waals surface area (Å²) in [5.74, 6) is 0.362. The van der Waals surface area contributed by atoms with Gasteiger partial charge in [0.05, 0.1) is 0 Å². The Morgan fingerprint density at radius 3 is 2.60 bits per heavy atom. The van der Waals surface area contributed by atoms with Gasteiger partial charge in [-0.25, -0.2) is 0 Å². The maximum Gasteiger partial charge on any atom is 0.197 e. The molecule has 4 heteroatoms. The molecule has 0 aliphatic rings. The van der Waals surface area contributed by atoms with Crippen molar-refractivity contribution in [2.75, 3.05) is 0 Å². The lowest BCUT2D eigenvalue weighted by atomic mass is 10.1. The molecule has 20 heavy (non-hydrogen) atoms. The first-order valence-electron chi connectivity index (χ1n) is 6.11. The lowest BCUT2D eigenvalue weighted by Gasteiger charge is -2.06. The van der Waals surface area contributed by atoms with Crippen LogP contribution < -0.4 is 5.43 Å². The first kappa shape index (κ1) is 12.3. The van der Waals surface area contributed by atoms with E-state index in [4.69, 9.17) is 4.42 Å². The second-order valence-electron chi connectivity index (χ2n) is 4.68. The quantitative estimate of drug-likeness (QED) is 0.711. The van der Waals surface area contributed by atoms with E-state index < -0.39 is 0 Å². The molecule has 0 saturated carbocycles. The molecule has 0 amide bonds. The molecule has 0 spiro atoms. The number of fused-ring (bicyclic) bond motifs is 1. The monoisotopic (exact) mass is 268 g/mol. The highest BCUT2D eigenvalue weighted by Crippen LogP contribution is 2.28. The minimum Gasteiger partial charge on any atom is -0.508 e. The van der Waals surface area contributed by atoms with Gasteiger partial charge in [0.25, 0.3) is 0 Å². The topological polar surface area (TPSA) is 70.7 Å². The fourth-order valence-electron chi connectivity index (χ4n) is 2.24. The Labute approximate surface area is 114 Å². The van der Waals surface area contributed by atoms with Crippen LogP contribution in [0.5, 0.6) is 11.5 Å². The van der Waals surface area contributed by atoms with Gasteiger partial charge < -0.3 is 14.6 Å². The number of hydrogen-bond acceptors (Lipinski definition) is 4. The van der Waals surface area contributed by atoms with Crippen molar-refractivity contribution in [3.63, 3.8) is 0 Å². The van der Waals surface area contributed by atoms with Crippen LogP contribution >= 0.6 is 0 Å². The molecule has 0 saturated heterocycles. The van der Waals surface area contributed by atoms with Crippen molar-refractivity contribution in [1.29, 1.82) is 0 Å². The molecule has 0 radical (unpaired) electrons. The van der Waals surface area contributed by atoms with Gasteiger partial charge in [0, 0.05) is 11.6 Å². The summed E-state index contributed by atoms with van der Waals surface area (Å²) in [6.07, 6.45) is 0. The van der Waals surface area contributed by atoms with Crippen molar-refractivity contribution >= 4 is 11.0 Å². The minimum absolute atomic E-state index is 0.102. The van der Waals surface area contributed by atoms with E-state index in [0.29, 0.717) is 16.9 Å². The number of aromatic hydroxyl groups is 2. The van der Waals surface area contributed by atoms with E-state index in [1.807, 2.05) is 13.0 Å². The standard InChI is InChI=1S/C16H12O4/c1-9-5-10(7-11(17)6-9)15-8-13(19)16-12(18)3-2-4-14(16)20-15/h2-8,17-18H,1H3. The van der Waals surface area contributed by atoms with Gasteiger partial charge in [0.2, 0.25) is 0 Å². The Balaban J connectivity index is 2.30. The molecule has 0 fully saturated rings. The molecule has 3 aromatic rings. The van der Waals surface area contributed by atoms with Gasteiger partial charge in [-0.05, 0) is 42.8 Å². The molecule has 1 heterocycles. The maximum absolute atomic E-state index is 12.1. The Kier molecular flexibility index (Phi) is 2.71. The number of phenolic OH excluding ortho intramolecular Hbond substituents is 2. The van der Waals surface area contributed by atoms with Crippen molar-refractivity contribution in [2.45, 2.75) is 6.92 Å². The average molecular weight is 268 g/mol. The van der Waals surface area contributed by atoms with E-state index in [9.17, 15) is 15.0 Å². The molecule has 4 nitrogen and oxygen atoms in total. The SMILES string of the molecule is Cc1cc(O)cc(-c2cc(=O)c3c(O)cccc3o2)c1. The van der Waals surface area contributed by atoms with E-state index in [-0.39, 0.29) is 22.3 Å². The first-order chi connectivity index (χ1) is 9.54. The van der Waals surface area contributed by atoms with Crippen LogP contribution in [0.3, 0.4) is 0 Å². The van der Waals surface area contributed by atoms with Crippen LogP contribution in [0.4, 0.5) is 0 Å². The molecule has 2 N–H and O–H groups in total. The molecule has 1 aromatic heterocycles. The Morgan fingerprint density at radius 1 is 1.05 bits per heavy atom. The van der Waals surface area contributed by atoms with Crippen LogP contribution in [0, 0.1) is 6.92 Å². The predicted molar refractivity (Wildman–Crippen MR) is 76.0 cm³/mol. The summed E-state index contributed by atoms with van der Waals surface area (Å²) in [4.78, 5) is 12.1. The highest BCUT2D eigenvalue weighted by Gasteiger charge is 2.10. The number of aryl methyl sites for hydroxylation is 1. The summed E-state index contributed by atoms with van der Waals surface area (Å²) in [5.41, 5.74) is 1.47. The van der Waals surface area contributed by atoms with Crippen molar-refractivity contribution in [3.05, 3.63) is 58.3 Å². The van der Waals surface area contributed by atoms with Crippen LogP contribution in [0.25, 0.3) is 22.3 Å². The molecule has 100 valence electrons. The number of benzene rings is 2. The van der Waals surface area contributed by atoms with Crippen LogP contribution in [0.1, 0.15) is 5.56 Å². The van der Waals surface area contributed by atoms with E-state index in [1.165, 1.54) is 18.2 Å². The smallest absolute Gasteiger partial charge is 0.197 e. The van der Waals surface area contributed by atoms with E-state index in [0.717, 1.165) is 5.56 Å². The Hall–Kier alpha value is -2.75. The zero-order chi connectivity index (χ0) is 14.3. The molecular formula is C16H12O4. The fraction of sp³-hybridized carbons (Fsp3) is 0.0625. The normalized spacial score (nSPS) is 10.8. The van der Waals surface area contributed by atoms with Gasteiger partial charge in [-0.2, -0.15) is 0 Å².